The second-order valence-electron chi connectivity index (χ2n) is 5.94. The second-order valence-corrected chi connectivity index (χ2v) is 7.26. The quantitative estimate of drug-likeness (QED) is 0.564. The zero-order chi connectivity index (χ0) is 19.6. The van der Waals surface area contributed by atoms with Gasteiger partial charge < -0.3 is 25.3 Å². The lowest BCUT2D eigenvalue weighted by Crippen LogP contribution is -2.46. The summed E-state index contributed by atoms with van der Waals surface area (Å²) >= 11 is 1.55. The number of primary amides is 1. The lowest BCUT2D eigenvalue weighted by molar-refractivity contribution is -0.120. The second kappa shape index (κ2) is 7.77. The third-order valence-electron chi connectivity index (χ3n) is 3.94. The molecule has 8 nitrogen and oxygen atoms in total. The number of thiazole rings is 1. The van der Waals surface area contributed by atoms with Crippen molar-refractivity contribution in [3.05, 3.63) is 45.6 Å². The number of aliphatic hydroxyl groups excluding tert-OH is 1. The van der Waals surface area contributed by atoms with Gasteiger partial charge in [0.15, 0.2) is 0 Å². The largest absolute Gasteiger partial charge is 0.488 e. The van der Waals surface area contributed by atoms with Crippen LogP contribution >= 0.6 is 11.3 Å². The van der Waals surface area contributed by atoms with E-state index in [4.69, 9.17) is 14.9 Å². The first-order valence-corrected chi connectivity index (χ1v) is 8.99. The van der Waals surface area contributed by atoms with E-state index in [1.54, 1.807) is 42.7 Å². The number of aryl methyl sites for hydroxylation is 2. The smallest absolute Gasteiger partial charge is 0.256 e. The van der Waals surface area contributed by atoms with Crippen molar-refractivity contribution < 1.29 is 23.8 Å². The van der Waals surface area contributed by atoms with Gasteiger partial charge in [0.2, 0.25) is 5.91 Å². The van der Waals surface area contributed by atoms with Crippen LogP contribution in [0.3, 0.4) is 0 Å². The zero-order valence-corrected chi connectivity index (χ0v) is 15.6. The minimum Gasteiger partial charge on any atom is -0.488 e. The maximum Gasteiger partial charge on any atom is 0.256 e. The molecule has 2 aromatic heterocycles. The van der Waals surface area contributed by atoms with Crippen molar-refractivity contribution >= 4 is 34.1 Å². The molecule has 0 unspecified atom stereocenters. The van der Waals surface area contributed by atoms with Gasteiger partial charge in [-0.3, -0.25) is 9.59 Å². The standard InChI is InChI=1S/C18H19N3O5S/c1-9-16(18(24)21-14(7-22)17(19)23)13-5-11(3-4-15(13)26-9)25-8-12-6-20-10(2)27-12/h3-6,14,22H,7-8H2,1-2H3,(H2,19,23)(H,21,24)/t14-/m0/s1. The highest BCUT2D eigenvalue weighted by atomic mass is 32.1. The number of ether oxygens (including phenoxy) is 1. The first-order chi connectivity index (χ1) is 12.9. The number of fused-ring (bicyclic) bond motifs is 1. The fraction of sp³-hybridized carbons (Fsp3) is 0.278. The van der Waals surface area contributed by atoms with E-state index in [0.717, 1.165) is 9.88 Å². The summed E-state index contributed by atoms with van der Waals surface area (Å²) in [6.07, 6.45) is 1.76. The monoisotopic (exact) mass is 389 g/mol. The van der Waals surface area contributed by atoms with Crippen molar-refractivity contribution in [3.8, 4) is 5.75 Å². The number of furan rings is 1. The summed E-state index contributed by atoms with van der Waals surface area (Å²) in [6.45, 7) is 3.35. The predicted molar refractivity (Wildman–Crippen MR) is 99.7 cm³/mol. The van der Waals surface area contributed by atoms with Gasteiger partial charge in [-0.25, -0.2) is 4.98 Å². The van der Waals surface area contributed by atoms with Crippen molar-refractivity contribution in [2.24, 2.45) is 5.73 Å². The van der Waals surface area contributed by atoms with E-state index in [0.29, 0.717) is 29.1 Å². The molecule has 1 aromatic carbocycles. The first-order valence-electron chi connectivity index (χ1n) is 8.17. The SMILES string of the molecule is Cc1ncc(COc2ccc3oc(C)c(C(=O)N[C@@H](CO)C(N)=O)c3c2)s1. The van der Waals surface area contributed by atoms with Crippen molar-refractivity contribution in [1.29, 1.82) is 0 Å². The van der Waals surface area contributed by atoms with Crippen molar-refractivity contribution in [2.45, 2.75) is 26.5 Å². The van der Waals surface area contributed by atoms with Gasteiger partial charge in [0, 0.05) is 11.6 Å². The van der Waals surface area contributed by atoms with Crippen molar-refractivity contribution in [3.63, 3.8) is 0 Å². The van der Waals surface area contributed by atoms with E-state index in [-0.39, 0.29) is 5.56 Å². The van der Waals surface area contributed by atoms with Gasteiger partial charge in [0.25, 0.3) is 5.91 Å². The van der Waals surface area contributed by atoms with Gasteiger partial charge in [-0.15, -0.1) is 11.3 Å². The van der Waals surface area contributed by atoms with Gasteiger partial charge in [0.05, 0.1) is 22.1 Å². The Kier molecular flexibility index (Phi) is 5.43. The molecule has 4 N–H and O–H groups in total. The average molecular weight is 389 g/mol. The van der Waals surface area contributed by atoms with Crippen LogP contribution in [0.2, 0.25) is 0 Å². The van der Waals surface area contributed by atoms with Crippen LogP contribution in [-0.4, -0.2) is 34.6 Å². The maximum atomic E-state index is 12.6. The van der Waals surface area contributed by atoms with Crippen LogP contribution < -0.4 is 15.8 Å². The number of aliphatic hydroxyl groups is 1. The van der Waals surface area contributed by atoms with Gasteiger partial charge in [-0.05, 0) is 32.0 Å². The van der Waals surface area contributed by atoms with E-state index in [1.807, 2.05) is 6.92 Å². The molecule has 3 rings (SSSR count). The Morgan fingerprint density at radius 1 is 1.41 bits per heavy atom. The van der Waals surface area contributed by atoms with Crippen LogP contribution in [0, 0.1) is 13.8 Å². The highest BCUT2D eigenvalue weighted by Gasteiger charge is 2.23. The lowest BCUT2D eigenvalue weighted by Gasteiger charge is -2.12. The van der Waals surface area contributed by atoms with E-state index >= 15 is 0 Å². The number of hydrogen-bond donors (Lipinski definition) is 3. The molecule has 1 atom stereocenters. The minimum absolute atomic E-state index is 0.267. The molecule has 27 heavy (non-hydrogen) atoms. The summed E-state index contributed by atoms with van der Waals surface area (Å²) < 4.78 is 11.4. The summed E-state index contributed by atoms with van der Waals surface area (Å²) in [4.78, 5) is 29.0. The third-order valence-corrected chi connectivity index (χ3v) is 4.83. The molecule has 0 bridgehead atoms. The summed E-state index contributed by atoms with van der Waals surface area (Å²) in [5.74, 6) is -0.421. The number of nitrogens with one attached hydrogen (secondary N) is 1. The zero-order valence-electron chi connectivity index (χ0n) is 14.8. The normalized spacial score (nSPS) is 12.1. The van der Waals surface area contributed by atoms with Crippen LogP contribution in [0.1, 0.15) is 26.0 Å². The summed E-state index contributed by atoms with van der Waals surface area (Å²) in [6, 6.07) is 3.99. The Bertz CT molecular complexity index is 994. The molecule has 3 aromatic rings. The highest BCUT2D eigenvalue weighted by molar-refractivity contribution is 7.11. The van der Waals surface area contributed by atoms with Crippen LogP contribution in [0.4, 0.5) is 0 Å². The Hall–Kier alpha value is -2.91. The molecule has 2 heterocycles. The number of hydrogen-bond acceptors (Lipinski definition) is 7. The van der Waals surface area contributed by atoms with Gasteiger partial charge in [0.1, 0.15) is 29.7 Å². The maximum absolute atomic E-state index is 12.6. The Morgan fingerprint density at radius 2 is 2.19 bits per heavy atom. The number of carbonyl (C=O) groups is 2. The number of nitrogens with zero attached hydrogens (tertiary/aromatic N) is 1. The Balaban J connectivity index is 1.85. The van der Waals surface area contributed by atoms with Gasteiger partial charge >= 0.3 is 0 Å². The molecule has 0 fully saturated rings. The molecule has 0 aliphatic rings. The molecule has 9 heteroatoms. The van der Waals surface area contributed by atoms with Crippen LogP contribution in [-0.2, 0) is 11.4 Å². The molecule has 0 saturated heterocycles. The Morgan fingerprint density at radius 3 is 2.81 bits per heavy atom. The average Bonchev–Trinajstić information content (AvgIpc) is 3.19. The fourth-order valence-electron chi connectivity index (χ4n) is 2.63. The summed E-state index contributed by atoms with van der Waals surface area (Å²) in [7, 11) is 0. The number of aromatic nitrogens is 1. The van der Waals surface area contributed by atoms with Gasteiger partial charge in [-0.1, -0.05) is 0 Å². The third kappa shape index (κ3) is 4.09. The predicted octanol–water partition coefficient (Wildman–Crippen LogP) is 1.66. The molecule has 0 aliphatic carbocycles. The number of benzene rings is 1. The molecule has 0 saturated carbocycles. The van der Waals surface area contributed by atoms with E-state index in [2.05, 4.69) is 10.3 Å². The fourth-order valence-corrected chi connectivity index (χ4v) is 3.34. The number of rotatable bonds is 7. The van der Waals surface area contributed by atoms with Crippen LogP contribution in [0.25, 0.3) is 11.0 Å². The van der Waals surface area contributed by atoms with Crippen molar-refractivity contribution in [1.82, 2.24) is 10.3 Å². The molecular formula is C18H19N3O5S. The number of nitrogens with two attached hydrogens (primary N) is 1. The summed E-state index contributed by atoms with van der Waals surface area (Å²) in [5, 5.41) is 13.1. The minimum atomic E-state index is -1.17. The van der Waals surface area contributed by atoms with Gasteiger partial charge in [-0.2, -0.15) is 0 Å². The number of carbonyl (C=O) groups excluding carboxylic acids is 2. The topological polar surface area (TPSA) is 128 Å². The lowest BCUT2D eigenvalue weighted by atomic mass is 10.1. The van der Waals surface area contributed by atoms with E-state index in [9.17, 15) is 14.7 Å². The molecule has 0 radical (unpaired) electrons. The van der Waals surface area contributed by atoms with Crippen LogP contribution in [0.15, 0.2) is 28.8 Å². The Labute approximate surface area is 158 Å². The van der Waals surface area contributed by atoms with Crippen LogP contribution in [0.5, 0.6) is 5.75 Å². The molecule has 142 valence electrons. The van der Waals surface area contributed by atoms with E-state index in [1.165, 1.54) is 0 Å². The molecule has 0 aliphatic heterocycles. The number of amides is 2. The molecule has 0 spiro atoms. The highest BCUT2D eigenvalue weighted by Crippen LogP contribution is 2.29. The van der Waals surface area contributed by atoms with E-state index < -0.39 is 24.5 Å². The molecular weight excluding hydrogens is 370 g/mol. The summed E-state index contributed by atoms with van der Waals surface area (Å²) in [5.41, 5.74) is 5.94. The van der Waals surface area contributed by atoms with Crippen molar-refractivity contribution in [2.75, 3.05) is 6.61 Å². The first kappa shape index (κ1) is 18.9. The molecule has 2 amide bonds.